The number of thioether (sulfide) groups is 1. The Morgan fingerprint density at radius 2 is 2.11 bits per heavy atom. The quantitative estimate of drug-likeness (QED) is 0.265. The summed E-state index contributed by atoms with van der Waals surface area (Å²) in [6, 6.07) is 6.51. The predicted molar refractivity (Wildman–Crippen MR) is 81.3 cm³/mol. The van der Waals surface area contributed by atoms with Gasteiger partial charge in [-0.3, -0.25) is 4.99 Å². The van der Waals surface area contributed by atoms with E-state index in [-0.39, 0.29) is 5.82 Å². The molecule has 0 spiro atoms. The van der Waals surface area contributed by atoms with Crippen molar-refractivity contribution in [1.29, 1.82) is 0 Å². The molecule has 0 saturated carbocycles. The number of halogens is 1. The molecular weight excluding hydrogens is 261 g/mol. The number of hydrogen-bond donors (Lipinski definition) is 2. The van der Waals surface area contributed by atoms with Crippen molar-refractivity contribution in [1.82, 2.24) is 10.6 Å². The van der Waals surface area contributed by atoms with E-state index in [9.17, 15) is 4.39 Å². The smallest absolute Gasteiger partial charge is 0.191 e. The Hall–Kier alpha value is -1.49. The van der Waals surface area contributed by atoms with Crippen molar-refractivity contribution >= 4 is 17.7 Å². The Labute approximate surface area is 118 Å². The van der Waals surface area contributed by atoms with Gasteiger partial charge in [-0.15, -0.1) is 18.3 Å². The first-order chi connectivity index (χ1) is 9.26. The van der Waals surface area contributed by atoms with Gasteiger partial charge in [0, 0.05) is 23.7 Å². The second kappa shape index (κ2) is 9.44. The molecule has 0 bridgehead atoms. The van der Waals surface area contributed by atoms with Crippen LogP contribution in [0.5, 0.6) is 0 Å². The third-order valence-electron chi connectivity index (χ3n) is 2.20. The van der Waals surface area contributed by atoms with Crippen LogP contribution in [-0.2, 0) is 0 Å². The van der Waals surface area contributed by atoms with E-state index in [1.807, 2.05) is 6.92 Å². The molecule has 19 heavy (non-hydrogen) atoms. The van der Waals surface area contributed by atoms with Gasteiger partial charge in [0.1, 0.15) is 5.82 Å². The van der Waals surface area contributed by atoms with Crippen LogP contribution < -0.4 is 10.6 Å². The molecule has 1 rings (SSSR count). The predicted octanol–water partition coefficient (Wildman–Crippen LogP) is 2.66. The zero-order valence-electron chi connectivity index (χ0n) is 11.2. The van der Waals surface area contributed by atoms with Gasteiger partial charge in [-0.2, -0.15) is 0 Å². The van der Waals surface area contributed by atoms with Gasteiger partial charge >= 0.3 is 0 Å². The lowest BCUT2D eigenvalue weighted by molar-refractivity contribution is 0.626. The minimum Gasteiger partial charge on any atom is -0.357 e. The summed E-state index contributed by atoms with van der Waals surface area (Å²) in [4.78, 5) is 5.49. The molecule has 0 saturated heterocycles. The van der Waals surface area contributed by atoms with Crippen LogP contribution in [-0.4, -0.2) is 31.3 Å². The van der Waals surface area contributed by atoms with Crippen molar-refractivity contribution in [2.75, 3.05) is 25.4 Å². The molecule has 104 valence electrons. The number of benzene rings is 1. The fourth-order valence-corrected chi connectivity index (χ4v) is 2.11. The Bertz CT molecular complexity index is 404. The molecule has 1 aromatic carbocycles. The molecule has 0 amide bonds. The zero-order valence-corrected chi connectivity index (χ0v) is 12.0. The van der Waals surface area contributed by atoms with Gasteiger partial charge in [-0.25, -0.2) is 4.39 Å². The lowest BCUT2D eigenvalue weighted by Gasteiger charge is -2.09. The standard InChI is InChI=1S/C14H20FN3S/c1-3-9-17-14(16-4-2)18-10-11-19-13-7-5-12(15)6-8-13/h3,5-8H,1,4,9-11H2,2H3,(H2,16,17,18). The molecule has 0 fully saturated rings. The maximum absolute atomic E-state index is 12.7. The Balaban J connectivity index is 2.33. The van der Waals surface area contributed by atoms with Gasteiger partial charge in [0.2, 0.25) is 0 Å². The summed E-state index contributed by atoms with van der Waals surface area (Å²) in [5, 5.41) is 6.29. The summed E-state index contributed by atoms with van der Waals surface area (Å²) < 4.78 is 12.7. The average Bonchev–Trinajstić information content (AvgIpc) is 2.42. The normalized spacial score (nSPS) is 11.2. The van der Waals surface area contributed by atoms with Gasteiger partial charge in [0.05, 0.1) is 6.54 Å². The highest BCUT2D eigenvalue weighted by Gasteiger charge is 1.96. The molecule has 0 aliphatic rings. The topological polar surface area (TPSA) is 36.4 Å². The zero-order chi connectivity index (χ0) is 13.9. The molecule has 0 radical (unpaired) electrons. The summed E-state index contributed by atoms with van der Waals surface area (Å²) in [7, 11) is 0. The largest absolute Gasteiger partial charge is 0.357 e. The second-order valence-corrected chi connectivity index (χ2v) is 4.90. The maximum Gasteiger partial charge on any atom is 0.191 e. The second-order valence-electron chi connectivity index (χ2n) is 3.73. The summed E-state index contributed by atoms with van der Waals surface area (Å²) in [6.07, 6.45) is 1.79. The van der Waals surface area contributed by atoms with E-state index < -0.39 is 0 Å². The number of rotatable bonds is 7. The van der Waals surface area contributed by atoms with E-state index in [0.29, 0.717) is 13.1 Å². The van der Waals surface area contributed by atoms with Crippen molar-refractivity contribution in [2.24, 2.45) is 4.99 Å². The SMILES string of the molecule is C=CCNC(=NCCSc1ccc(F)cc1)NCC. The molecule has 0 atom stereocenters. The van der Waals surface area contributed by atoms with Gasteiger partial charge in [-0.1, -0.05) is 6.08 Å². The highest BCUT2D eigenvalue weighted by Crippen LogP contribution is 2.17. The van der Waals surface area contributed by atoms with Crippen LogP contribution in [0.15, 0.2) is 46.8 Å². The Morgan fingerprint density at radius 1 is 1.37 bits per heavy atom. The summed E-state index contributed by atoms with van der Waals surface area (Å²) >= 11 is 1.66. The fourth-order valence-electron chi connectivity index (χ4n) is 1.36. The fraction of sp³-hybridized carbons (Fsp3) is 0.357. The minimum absolute atomic E-state index is 0.203. The molecule has 0 unspecified atom stereocenters. The summed E-state index contributed by atoms with van der Waals surface area (Å²) in [5.41, 5.74) is 0. The first-order valence-corrected chi connectivity index (χ1v) is 7.26. The van der Waals surface area contributed by atoms with Crippen molar-refractivity contribution in [3.63, 3.8) is 0 Å². The van der Waals surface area contributed by atoms with Crippen LogP contribution in [0.4, 0.5) is 4.39 Å². The third-order valence-corrected chi connectivity index (χ3v) is 3.19. The van der Waals surface area contributed by atoms with E-state index in [1.54, 1.807) is 30.0 Å². The van der Waals surface area contributed by atoms with E-state index in [2.05, 4.69) is 22.2 Å². The number of guanidine groups is 1. The highest BCUT2D eigenvalue weighted by atomic mass is 32.2. The molecule has 0 aromatic heterocycles. The average molecular weight is 281 g/mol. The Morgan fingerprint density at radius 3 is 2.74 bits per heavy atom. The van der Waals surface area contributed by atoms with Gasteiger partial charge in [0.15, 0.2) is 5.96 Å². The van der Waals surface area contributed by atoms with Crippen molar-refractivity contribution in [2.45, 2.75) is 11.8 Å². The molecule has 0 heterocycles. The van der Waals surface area contributed by atoms with Crippen LogP contribution in [0.25, 0.3) is 0 Å². The molecule has 0 aliphatic heterocycles. The Kier molecular flexibility index (Phi) is 7.74. The monoisotopic (exact) mass is 281 g/mol. The third kappa shape index (κ3) is 6.86. The molecule has 0 aliphatic carbocycles. The lowest BCUT2D eigenvalue weighted by atomic mass is 10.4. The molecule has 5 heteroatoms. The minimum atomic E-state index is -0.203. The lowest BCUT2D eigenvalue weighted by Crippen LogP contribution is -2.37. The van der Waals surface area contributed by atoms with Crippen LogP contribution in [0.1, 0.15) is 6.92 Å². The van der Waals surface area contributed by atoms with Crippen LogP contribution in [0, 0.1) is 5.82 Å². The van der Waals surface area contributed by atoms with E-state index in [4.69, 9.17) is 0 Å². The van der Waals surface area contributed by atoms with Gasteiger partial charge < -0.3 is 10.6 Å². The van der Waals surface area contributed by atoms with E-state index >= 15 is 0 Å². The molecule has 2 N–H and O–H groups in total. The summed E-state index contributed by atoms with van der Waals surface area (Å²) in [6.45, 7) is 7.90. The number of nitrogens with one attached hydrogen (secondary N) is 2. The van der Waals surface area contributed by atoms with E-state index in [1.165, 1.54) is 12.1 Å². The van der Waals surface area contributed by atoms with Gasteiger partial charge in [0.25, 0.3) is 0 Å². The van der Waals surface area contributed by atoms with Crippen molar-refractivity contribution < 1.29 is 4.39 Å². The highest BCUT2D eigenvalue weighted by molar-refractivity contribution is 7.99. The number of nitrogens with zero attached hydrogens (tertiary/aromatic N) is 1. The van der Waals surface area contributed by atoms with Crippen molar-refractivity contribution in [3.8, 4) is 0 Å². The number of hydrogen-bond acceptors (Lipinski definition) is 2. The number of aliphatic imine (C=N–C) groups is 1. The van der Waals surface area contributed by atoms with E-state index in [0.717, 1.165) is 23.2 Å². The van der Waals surface area contributed by atoms with Crippen LogP contribution in [0.2, 0.25) is 0 Å². The molecule has 1 aromatic rings. The van der Waals surface area contributed by atoms with Crippen LogP contribution >= 0.6 is 11.8 Å². The van der Waals surface area contributed by atoms with Crippen molar-refractivity contribution in [3.05, 3.63) is 42.7 Å². The first kappa shape index (κ1) is 15.6. The van der Waals surface area contributed by atoms with Gasteiger partial charge in [-0.05, 0) is 31.2 Å². The molecular formula is C14H20FN3S. The maximum atomic E-state index is 12.7. The summed E-state index contributed by atoms with van der Waals surface area (Å²) in [5.74, 6) is 1.45. The molecule has 3 nitrogen and oxygen atoms in total. The first-order valence-electron chi connectivity index (χ1n) is 6.27. The van der Waals surface area contributed by atoms with Crippen LogP contribution in [0.3, 0.4) is 0 Å².